The van der Waals surface area contributed by atoms with E-state index in [0.29, 0.717) is 18.3 Å². The maximum Gasteiger partial charge on any atom is 0.317 e. The summed E-state index contributed by atoms with van der Waals surface area (Å²) in [6, 6.07) is 18.4. The zero-order valence-electron chi connectivity index (χ0n) is 19.1. The lowest BCUT2D eigenvalue weighted by Gasteiger charge is -2.18. The molecule has 2 N–H and O–H groups in total. The van der Waals surface area contributed by atoms with Gasteiger partial charge in [-0.15, -0.1) is 0 Å². The molecule has 32 heavy (non-hydrogen) atoms. The quantitative estimate of drug-likeness (QED) is 0.505. The smallest absolute Gasteiger partial charge is 0.317 e. The van der Waals surface area contributed by atoms with E-state index in [4.69, 9.17) is 9.97 Å². The number of nitrogens with one attached hydrogen (secondary N) is 2. The van der Waals surface area contributed by atoms with Gasteiger partial charge in [-0.05, 0) is 51.2 Å². The van der Waals surface area contributed by atoms with E-state index in [9.17, 15) is 4.79 Å². The number of amides is 2. The summed E-state index contributed by atoms with van der Waals surface area (Å²) in [6.07, 6.45) is 2.00. The van der Waals surface area contributed by atoms with Crippen LogP contribution in [0.1, 0.15) is 30.1 Å². The van der Waals surface area contributed by atoms with Crippen molar-refractivity contribution >= 4 is 22.8 Å². The summed E-state index contributed by atoms with van der Waals surface area (Å²) >= 11 is 0. The fourth-order valence-corrected chi connectivity index (χ4v) is 3.91. The van der Waals surface area contributed by atoms with Crippen molar-refractivity contribution in [3.05, 3.63) is 66.0 Å². The molecule has 1 saturated carbocycles. The molecule has 0 radical (unpaired) electrons. The summed E-state index contributed by atoms with van der Waals surface area (Å²) in [5.41, 5.74) is 2.16. The molecule has 1 aromatic heterocycles. The third-order valence-corrected chi connectivity index (χ3v) is 5.78. The molecule has 2 atom stereocenters. The standard InChI is InChI=1S/C25H32N6O/c1-30(2)15-9-14-26-24-19-12-7-8-13-21(19)27-23(29-24)17-31(3)25(32)28-22-16-20(22)18-10-5-4-6-11-18/h4-8,10-13,20,22H,9,14-17H2,1-3H3,(H,28,32)(H,26,27,29)/t20-,22+/m0/s1. The fourth-order valence-electron chi connectivity index (χ4n) is 3.91. The number of nitrogens with zero attached hydrogens (tertiary/aromatic N) is 4. The van der Waals surface area contributed by atoms with Crippen LogP contribution in [0.25, 0.3) is 10.9 Å². The lowest BCUT2D eigenvalue weighted by atomic mass is 10.1. The van der Waals surface area contributed by atoms with Crippen LogP contribution in [0.5, 0.6) is 0 Å². The van der Waals surface area contributed by atoms with Crippen molar-refractivity contribution in [3.63, 3.8) is 0 Å². The molecule has 0 saturated heterocycles. The van der Waals surface area contributed by atoms with Gasteiger partial charge in [-0.1, -0.05) is 42.5 Å². The summed E-state index contributed by atoms with van der Waals surface area (Å²) in [5, 5.41) is 7.59. The Labute approximate surface area is 189 Å². The Morgan fingerprint density at radius 2 is 1.78 bits per heavy atom. The summed E-state index contributed by atoms with van der Waals surface area (Å²) in [7, 11) is 5.93. The Morgan fingerprint density at radius 1 is 1.03 bits per heavy atom. The monoisotopic (exact) mass is 432 g/mol. The minimum absolute atomic E-state index is 0.0920. The third-order valence-electron chi connectivity index (χ3n) is 5.78. The lowest BCUT2D eigenvalue weighted by Crippen LogP contribution is -2.38. The summed E-state index contributed by atoms with van der Waals surface area (Å²) in [5.74, 6) is 1.86. The largest absolute Gasteiger partial charge is 0.369 e. The van der Waals surface area contributed by atoms with Crippen LogP contribution in [0.4, 0.5) is 10.6 Å². The first-order chi connectivity index (χ1) is 15.5. The molecule has 7 heteroatoms. The maximum absolute atomic E-state index is 12.7. The second-order valence-corrected chi connectivity index (χ2v) is 8.75. The average Bonchev–Trinajstić information content (AvgIpc) is 3.56. The second kappa shape index (κ2) is 9.96. The van der Waals surface area contributed by atoms with Gasteiger partial charge in [0.1, 0.15) is 5.82 Å². The third kappa shape index (κ3) is 5.53. The highest BCUT2D eigenvalue weighted by molar-refractivity contribution is 5.89. The van der Waals surface area contributed by atoms with Crippen molar-refractivity contribution in [2.75, 3.05) is 39.5 Å². The van der Waals surface area contributed by atoms with Crippen molar-refractivity contribution in [3.8, 4) is 0 Å². The van der Waals surface area contributed by atoms with Gasteiger partial charge in [0.05, 0.1) is 12.1 Å². The predicted octanol–water partition coefficient (Wildman–Crippen LogP) is 3.69. The number of fused-ring (bicyclic) bond motifs is 1. The summed E-state index contributed by atoms with van der Waals surface area (Å²) in [6.45, 7) is 2.19. The Bertz CT molecular complexity index is 1050. The van der Waals surface area contributed by atoms with Crippen molar-refractivity contribution in [1.82, 2.24) is 25.1 Å². The number of carbonyl (C=O) groups excluding carboxylic acids is 1. The Balaban J connectivity index is 1.39. The van der Waals surface area contributed by atoms with Gasteiger partial charge in [-0.25, -0.2) is 14.8 Å². The number of urea groups is 1. The lowest BCUT2D eigenvalue weighted by molar-refractivity contribution is 0.205. The van der Waals surface area contributed by atoms with Gasteiger partial charge < -0.3 is 20.4 Å². The van der Waals surface area contributed by atoms with E-state index in [0.717, 1.165) is 42.7 Å². The van der Waals surface area contributed by atoms with E-state index in [1.165, 1.54) is 5.56 Å². The number of rotatable bonds is 9. The molecular weight excluding hydrogens is 400 g/mol. The van der Waals surface area contributed by atoms with E-state index < -0.39 is 0 Å². The maximum atomic E-state index is 12.7. The highest BCUT2D eigenvalue weighted by Gasteiger charge is 2.39. The van der Waals surface area contributed by atoms with E-state index in [1.807, 2.05) is 42.5 Å². The minimum Gasteiger partial charge on any atom is -0.369 e. The molecule has 1 aliphatic carbocycles. The molecule has 0 spiro atoms. The van der Waals surface area contributed by atoms with E-state index in [2.05, 4.69) is 41.8 Å². The fraction of sp³-hybridized carbons (Fsp3) is 0.400. The molecule has 1 heterocycles. The van der Waals surface area contributed by atoms with Crippen LogP contribution in [0.3, 0.4) is 0 Å². The van der Waals surface area contributed by atoms with Crippen LogP contribution in [-0.2, 0) is 6.54 Å². The molecule has 0 aliphatic heterocycles. The molecule has 4 rings (SSSR count). The zero-order chi connectivity index (χ0) is 22.5. The molecule has 1 fully saturated rings. The number of hydrogen-bond acceptors (Lipinski definition) is 5. The first-order valence-electron chi connectivity index (χ1n) is 11.2. The SMILES string of the molecule is CN(C)CCCNc1nc(CN(C)C(=O)N[C@@H]2C[C@H]2c2ccccc2)nc2ccccc12. The topological polar surface area (TPSA) is 73.4 Å². The molecule has 2 amide bonds. The van der Waals surface area contributed by atoms with Crippen LogP contribution in [-0.4, -0.2) is 66.1 Å². The number of benzene rings is 2. The van der Waals surface area contributed by atoms with Gasteiger partial charge in [0.25, 0.3) is 0 Å². The van der Waals surface area contributed by atoms with E-state index >= 15 is 0 Å². The van der Waals surface area contributed by atoms with Crippen LogP contribution >= 0.6 is 0 Å². The normalized spacial score (nSPS) is 17.4. The second-order valence-electron chi connectivity index (χ2n) is 8.75. The van der Waals surface area contributed by atoms with Crippen LogP contribution in [0, 0.1) is 0 Å². The van der Waals surface area contributed by atoms with Crippen molar-refractivity contribution < 1.29 is 4.79 Å². The van der Waals surface area contributed by atoms with E-state index in [1.54, 1.807) is 11.9 Å². The summed E-state index contributed by atoms with van der Waals surface area (Å²) < 4.78 is 0. The van der Waals surface area contributed by atoms with Gasteiger partial charge in [0.2, 0.25) is 0 Å². The van der Waals surface area contributed by atoms with Crippen LogP contribution < -0.4 is 10.6 Å². The first kappa shape index (κ1) is 22.0. The molecule has 1 aliphatic rings. The highest BCUT2D eigenvalue weighted by Crippen LogP contribution is 2.40. The van der Waals surface area contributed by atoms with Gasteiger partial charge >= 0.3 is 6.03 Å². The van der Waals surface area contributed by atoms with Gasteiger partial charge in [-0.3, -0.25) is 0 Å². The molecule has 0 unspecified atom stereocenters. The summed E-state index contributed by atoms with van der Waals surface area (Å²) in [4.78, 5) is 26.0. The van der Waals surface area contributed by atoms with Crippen LogP contribution in [0.2, 0.25) is 0 Å². The van der Waals surface area contributed by atoms with Crippen molar-refractivity contribution in [2.45, 2.75) is 31.3 Å². The number of aromatic nitrogens is 2. The van der Waals surface area contributed by atoms with Crippen molar-refractivity contribution in [1.29, 1.82) is 0 Å². The predicted molar refractivity (Wildman–Crippen MR) is 129 cm³/mol. The molecule has 2 aromatic carbocycles. The minimum atomic E-state index is -0.0920. The van der Waals surface area contributed by atoms with Gasteiger partial charge in [0, 0.05) is 30.9 Å². The first-order valence-corrected chi connectivity index (χ1v) is 11.2. The number of anilines is 1. The molecule has 168 valence electrons. The van der Waals surface area contributed by atoms with Gasteiger partial charge in [0.15, 0.2) is 5.82 Å². The van der Waals surface area contributed by atoms with E-state index in [-0.39, 0.29) is 12.1 Å². The molecule has 7 nitrogen and oxygen atoms in total. The molecule has 0 bridgehead atoms. The van der Waals surface area contributed by atoms with Crippen molar-refractivity contribution in [2.24, 2.45) is 0 Å². The van der Waals surface area contributed by atoms with Crippen LogP contribution in [0.15, 0.2) is 54.6 Å². The molecule has 3 aromatic rings. The number of carbonyl (C=O) groups is 1. The van der Waals surface area contributed by atoms with Gasteiger partial charge in [-0.2, -0.15) is 0 Å². The Hall–Kier alpha value is -3.19. The Kier molecular flexibility index (Phi) is 6.85. The highest BCUT2D eigenvalue weighted by atomic mass is 16.2. The molecular formula is C25H32N6O. The number of hydrogen-bond donors (Lipinski definition) is 2. The zero-order valence-corrected chi connectivity index (χ0v) is 19.1. The number of para-hydroxylation sites is 1. The Morgan fingerprint density at radius 3 is 2.56 bits per heavy atom. The average molecular weight is 433 g/mol.